The first kappa shape index (κ1) is 23.6. The third-order valence-electron chi connectivity index (χ3n) is 5.33. The predicted octanol–water partition coefficient (Wildman–Crippen LogP) is 2.80. The van der Waals surface area contributed by atoms with Crippen molar-refractivity contribution in [3.05, 3.63) is 48.0 Å². The summed E-state index contributed by atoms with van der Waals surface area (Å²) in [5.41, 5.74) is 1.80. The van der Waals surface area contributed by atoms with Gasteiger partial charge in [0.1, 0.15) is 13.2 Å². The number of anilines is 2. The van der Waals surface area contributed by atoms with E-state index in [1.807, 2.05) is 4.90 Å². The number of alkyl halides is 3. The summed E-state index contributed by atoms with van der Waals surface area (Å²) in [6, 6.07) is 11.9. The second kappa shape index (κ2) is 9.75. The molecule has 2 aliphatic heterocycles. The first-order valence-electron chi connectivity index (χ1n) is 10.4. The fourth-order valence-corrected chi connectivity index (χ4v) is 3.84. The molecular formula is C22H21F3N4O4S. The van der Waals surface area contributed by atoms with Crippen LogP contribution in [0, 0.1) is 0 Å². The minimum absolute atomic E-state index is 0.00563. The Balaban J connectivity index is 1.29. The van der Waals surface area contributed by atoms with Crippen LogP contribution in [0.2, 0.25) is 0 Å². The number of ether oxygens (including phenoxy) is 2. The third-order valence-corrected chi connectivity index (χ3v) is 5.54. The third kappa shape index (κ3) is 5.50. The molecule has 0 unspecified atom stereocenters. The quantitative estimate of drug-likeness (QED) is 0.635. The highest BCUT2D eigenvalue weighted by molar-refractivity contribution is 7.80. The van der Waals surface area contributed by atoms with Crippen LogP contribution in [-0.4, -0.2) is 67.4 Å². The fraction of sp³-hybridized carbons (Fsp3) is 0.318. The number of carbonyl (C=O) groups excluding carboxylic acids is 2. The van der Waals surface area contributed by atoms with Gasteiger partial charge in [0.2, 0.25) is 0 Å². The molecule has 180 valence electrons. The average Bonchev–Trinajstić information content (AvgIpc) is 2.83. The second-order valence-corrected chi connectivity index (χ2v) is 8.00. The maximum atomic E-state index is 12.6. The Kier molecular flexibility index (Phi) is 6.77. The normalized spacial score (nSPS) is 15.5. The SMILES string of the molecule is O=C(NC(=S)Nc1ccc(N2CCN(C(=O)C(F)(F)F)CC2)cc1)c1ccc2c(c1)OCCO2. The lowest BCUT2D eigenvalue weighted by Crippen LogP contribution is -2.52. The molecular weight excluding hydrogens is 473 g/mol. The van der Waals surface area contributed by atoms with E-state index in [2.05, 4.69) is 10.6 Å². The summed E-state index contributed by atoms with van der Waals surface area (Å²) in [4.78, 5) is 26.6. The fourth-order valence-electron chi connectivity index (χ4n) is 3.62. The summed E-state index contributed by atoms with van der Waals surface area (Å²) < 4.78 is 48.7. The zero-order valence-electron chi connectivity index (χ0n) is 17.9. The predicted molar refractivity (Wildman–Crippen MR) is 122 cm³/mol. The molecule has 2 aliphatic rings. The van der Waals surface area contributed by atoms with E-state index in [-0.39, 0.29) is 18.2 Å². The number of nitrogens with one attached hydrogen (secondary N) is 2. The van der Waals surface area contributed by atoms with Crippen LogP contribution in [0.4, 0.5) is 24.5 Å². The van der Waals surface area contributed by atoms with Gasteiger partial charge in [-0.25, -0.2) is 0 Å². The molecule has 0 aromatic heterocycles. The highest BCUT2D eigenvalue weighted by atomic mass is 32.1. The zero-order chi connectivity index (χ0) is 24.3. The summed E-state index contributed by atoms with van der Waals surface area (Å²) in [5, 5.41) is 5.63. The van der Waals surface area contributed by atoms with Crippen molar-refractivity contribution in [1.29, 1.82) is 0 Å². The molecule has 2 N–H and O–H groups in total. The van der Waals surface area contributed by atoms with Crippen molar-refractivity contribution in [3.8, 4) is 11.5 Å². The molecule has 2 aromatic carbocycles. The van der Waals surface area contributed by atoms with Crippen LogP contribution in [0.15, 0.2) is 42.5 Å². The van der Waals surface area contributed by atoms with Gasteiger partial charge in [0.15, 0.2) is 16.6 Å². The van der Waals surface area contributed by atoms with Gasteiger partial charge in [-0.15, -0.1) is 0 Å². The second-order valence-electron chi connectivity index (χ2n) is 7.59. The summed E-state index contributed by atoms with van der Waals surface area (Å²) in [6.45, 7) is 1.44. The molecule has 0 bridgehead atoms. The molecule has 8 nitrogen and oxygen atoms in total. The van der Waals surface area contributed by atoms with Crippen LogP contribution in [0.5, 0.6) is 11.5 Å². The van der Waals surface area contributed by atoms with E-state index in [9.17, 15) is 22.8 Å². The Labute approximate surface area is 198 Å². The number of hydrogen-bond donors (Lipinski definition) is 2. The molecule has 0 saturated carbocycles. The van der Waals surface area contributed by atoms with Crippen molar-refractivity contribution in [1.82, 2.24) is 10.2 Å². The number of carbonyl (C=O) groups is 2. The molecule has 4 rings (SSSR count). The van der Waals surface area contributed by atoms with E-state index in [4.69, 9.17) is 21.7 Å². The van der Waals surface area contributed by atoms with Crippen LogP contribution < -0.4 is 25.0 Å². The van der Waals surface area contributed by atoms with E-state index >= 15 is 0 Å². The van der Waals surface area contributed by atoms with Gasteiger partial charge >= 0.3 is 12.1 Å². The summed E-state index contributed by atoms with van der Waals surface area (Å²) in [5.74, 6) is -1.13. The number of halogens is 3. The summed E-state index contributed by atoms with van der Waals surface area (Å²) in [7, 11) is 0. The average molecular weight is 494 g/mol. The number of amides is 2. The van der Waals surface area contributed by atoms with Crippen molar-refractivity contribution in [3.63, 3.8) is 0 Å². The Morgan fingerprint density at radius 1 is 0.912 bits per heavy atom. The van der Waals surface area contributed by atoms with Crippen molar-refractivity contribution >= 4 is 40.5 Å². The standard InChI is InChI=1S/C22H21F3N4O4S/c23-22(24,25)20(31)29-9-7-28(8-10-29)16-4-2-15(3-5-16)26-21(34)27-19(30)14-1-6-17-18(13-14)33-12-11-32-17/h1-6,13H,7-12H2,(H2,26,27,30,34). The van der Waals surface area contributed by atoms with Gasteiger partial charge in [0.25, 0.3) is 5.91 Å². The molecule has 2 heterocycles. The van der Waals surface area contributed by atoms with Gasteiger partial charge in [-0.1, -0.05) is 0 Å². The Morgan fingerprint density at radius 2 is 1.56 bits per heavy atom. The number of nitrogens with zero attached hydrogens (tertiary/aromatic N) is 2. The summed E-state index contributed by atoms with van der Waals surface area (Å²) in [6.07, 6.45) is -4.86. The first-order valence-corrected chi connectivity index (χ1v) is 10.8. The maximum Gasteiger partial charge on any atom is 0.471 e. The molecule has 0 radical (unpaired) electrons. The Morgan fingerprint density at radius 3 is 2.21 bits per heavy atom. The van der Waals surface area contributed by atoms with Crippen molar-refractivity contribution in [2.75, 3.05) is 49.6 Å². The molecule has 0 aliphatic carbocycles. The monoisotopic (exact) mass is 494 g/mol. The number of piperazine rings is 1. The minimum Gasteiger partial charge on any atom is -0.486 e. The first-order chi connectivity index (χ1) is 16.2. The van der Waals surface area contributed by atoms with E-state index in [1.165, 1.54) is 0 Å². The molecule has 34 heavy (non-hydrogen) atoms. The maximum absolute atomic E-state index is 12.6. The zero-order valence-corrected chi connectivity index (χ0v) is 18.7. The van der Waals surface area contributed by atoms with Crippen molar-refractivity contribution < 1.29 is 32.2 Å². The minimum atomic E-state index is -4.86. The molecule has 1 fully saturated rings. The number of thiocarbonyl (C=S) groups is 1. The van der Waals surface area contributed by atoms with Crippen molar-refractivity contribution in [2.45, 2.75) is 6.18 Å². The topological polar surface area (TPSA) is 83.1 Å². The lowest BCUT2D eigenvalue weighted by atomic mass is 10.2. The van der Waals surface area contributed by atoms with Gasteiger partial charge in [0.05, 0.1) is 0 Å². The number of rotatable bonds is 3. The molecule has 2 aromatic rings. The van der Waals surface area contributed by atoms with E-state index in [0.717, 1.165) is 10.6 Å². The van der Waals surface area contributed by atoms with Gasteiger partial charge < -0.3 is 24.6 Å². The number of benzene rings is 2. The van der Waals surface area contributed by atoms with Crippen LogP contribution in [0.3, 0.4) is 0 Å². The van der Waals surface area contributed by atoms with Gasteiger partial charge in [-0.2, -0.15) is 13.2 Å². The van der Waals surface area contributed by atoms with Crippen LogP contribution in [0.25, 0.3) is 0 Å². The van der Waals surface area contributed by atoms with Crippen molar-refractivity contribution in [2.24, 2.45) is 0 Å². The molecule has 2 amide bonds. The van der Waals surface area contributed by atoms with E-state index in [0.29, 0.717) is 49.1 Å². The molecule has 12 heteroatoms. The lowest BCUT2D eigenvalue weighted by Gasteiger charge is -2.36. The van der Waals surface area contributed by atoms with Crippen LogP contribution in [-0.2, 0) is 4.79 Å². The smallest absolute Gasteiger partial charge is 0.471 e. The molecule has 0 atom stereocenters. The van der Waals surface area contributed by atoms with Crippen LogP contribution >= 0.6 is 12.2 Å². The highest BCUT2D eigenvalue weighted by Crippen LogP contribution is 2.30. The van der Waals surface area contributed by atoms with E-state index in [1.54, 1.807) is 42.5 Å². The van der Waals surface area contributed by atoms with Gasteiger partial charge in [-0.3, -0.25) is 14.9 Å². The van der Waals surface area contributed by atoms with Gasteiger partial charge in [-0.05, 0) is 54.7 Å². The number of fused-ring (bicyclic) bond motifs is 1. The van der Waals surface area contributed by atoms with Gasteiger partial charge in [0, 0.05) is 43.1 Å². The highest BCUT2D eigenvalue weighted by Gasteiger charge is 2.43. The largest absolute Gasteiger partial charge is 0.486 e. The lowest BCUT2D eigenvalue weighted by molar-refractivity contribution is -0.185. The molecule has 0 spiro atoms. The van der Waals surface area contributed by atoms with Crippen LogP contribution in [0.1, 0.15) is 10.4 Å². The Bertz CT molecular complexity index is 1090. The molecule has 1 saturated heterocycles. The summed E-state index contributed by atoms with van der Waals surface area (Å²) >= 11 is 5.22. The Hall–Kier alpha value is -3.54. The number of hydrogen-bond acceptors (Lipinski definition) is 6. The van der Waals surface area contributed by atoms with E-state index < -0.39 is 18.0 Å².